The number of anilines is 6. The van der Waals surface area contributed by atoms with Gasteiger partial charge in [0.05, 0.1) is 25.5 Å². The molecule has 3 N–H and O–H groups in total. The average molecular weight is 468 g/mol. The van der Waals surface area contributed by atoms with Gasteiger partial charge in [-0.25, -0.2) is 19.7 Å². The Hall–Kier alpha value is -4.66. The van der Waals surface area contributed by atoms with Crippen LogP contribution in [0.2, 0.25) is 0 Å². The number of pyridine rings is 1. The quantitative estimate of drug-likeness (QED) is 0.393. The van der Waals surface area contributed by atoms with Gasteiger partial charge in [0.1, 0.15) is 11.6 Å². The maximum absolute atomic E-state index is 13.9. The van der Waals surface area contributed by atoms with Crippen molar-refractivity contribution in [2.45, 2.75) is 20.4 Å². The number of aryl methyl sites for hydroxylation is 2. The standard InChI is InChI=1S/C26H25N7O2/c1-16-5-4-6-17(2)23(16)32-15-18-13-29-25(30-20-9-7-19(27)8-10-20)31-24(18)33(26(32)34)22-12-11-21(35-3)14-28-22/h4-14H,15,27H2,1-3H3,(H,29,30,31). The van der Waals surface area contributed by atoms with E-state index in [2.05, 4.69) is 15.3 Å². The predicted molar refractivity (Wildman–Crippen MR) is 137 cm³/mol. The second-order valence-electron chi connectivity index (χ2n) is 8.29. The smallest absolute Gasteiger partial charge is 0.336 e. The van der Waals surface area contributed by atoms with Gasteiger partial charge in [-0.15, -0.1) is 0 Å². The summed E-state index contributed by atoms with van der Waals surface area (Å²) < 4.78 is 5.25. The van der Waals surface area contributed by atoms with Gasteiger partial charge in [-0.1, -0.05) is 18.2 Å². The van der Waals surface area contributed by atoms with E-state index in [1.807, 2.05) is 44.2 Å². The number of aromatic nitrogens is 3. The number of carbonyl (C=O) groups is 1. The Morgan fingerprint density at radius 2 is 1.71 bits per heavy atom. The molecule has 1 aliphatic rings. The minimum Gasteiger partial charge on any atom is -0.495 e. The van der Waals surface area contributed by atoms with Crippen molar-refractivity contribution < 1.29 is 9.53 Å². The van der Waals surface area contributed by atoms with Gasteiger partial charge < -0.3 is 15.8 Å². The van der Waals surface area contributed by atoms with Crippen LogP contribution in [0.5, 0.6) is 5.75 Å². The number of hydrogen-bond donors (Lipinski definition) is 2. The number of rotatable bonds is 5. The van der Waals surface area contributed by atoms with Crippen LogP contribution in [0.1, 0.15) is 16.7 Å². The van der Waals surface area contributed by atoms with Gasteiger partial charge in [-0.3, -0.25) is 4.90 Å². The van der Waals surface area contributed by atoms with Crippen molar-refractivity contribution >= 4 is 40.7 Å². The Balaban J connectivity index is 1.60. The molecule has 0 bridgehead atoms. The number of hydrogen-bond acceptors (Lipinski definition) is 7. The Kier molecular flexibility index (Phi) is 5.66. The second kappa shape index (κ2) is 8.94. The molecule has 0 radical (unpaired) electrons. The molecular weight excluding hydrogens is 442 g/mol. The monoisotopic (exact) mass is 467 g/mol. The highest BCUT2D eigenvalue weighted by molar-refractivity contribution is 6.10. The van der Waals surface area contributed by atoms with Gasteiger partial charge in [-0.2, -0.15) is 4.98 Å². The zero-order valence-corrected chi connectivity index (χ0v) is 19.7. The Bertz CT molecular complexity index is 1370. The first-order valence-electron chi connectivity index (χ1n) is 11.1. The molecule has 0 fully saturated rings. The summed E-state index contributed by atoms with van der Waals surface area (Å²) in [7, 11) is 1.57. The molecule has 0 saturated heterocycles. The molecule has 1 aliphatic heterocycles. The first-order valence-corrected chi connectivity index (χ1v) is 11.1. The van der Waals surface area contributed by atoms with Crippen molar-refractivity contribution in [1.82, 2.24) is 15.0 Å². The maximum atomic E-state index is 13.9. The molecule has 0 atom stereocenters. The molecule has 5 rings (SSSR count). The number of nitrogens with zero attached hydrogens (tertiary/aromatic N) is 5. The summed E-state index contributed by atoms with van der Waals surface area (Å²) in [5, 5.41) is 3.18. The van der Waals surface area contributed by atoms with Gasteiger partial charge in [0.15, 0.2) is 5.82 Å². The Labute approximate surface area is 203 Å². The zero-order valence-electron chi connectivity index (χ0n) is 19.7. The van der Waals surface area contributed by atoms with Gasteiger partial charge in [0.25, 0.3) is 0 Å². The summed E-state index contributed by atoms with van der Waals surface area (Å²) in [6.45, 7) is 4.34. The van der Waals surface area contributed by atoms with Gasteiger partial charge >= 0.3 is 6.03 Å². The molecule has 4 aromatic rings. The first-order chi connectivity index (χ1) is 16.9. The van der Waals surface area contributed by atoms with E-state index in [1.54, 1.807) is 48.7 Å². The van der Waals surface area contributed by atoms with E-state index in [1.165, 1.54) is 4.90 Å². The zero-order chi connectivity index (χ0) is 24.5. The largest absolute Gasteiger partial charge is 0.495 e. The number of methoxy groups -OCH3 is 1. The van der Waals surface area contributed by atoms with E-state index in [0.29, 0.717) is 35.6 Å². The van der Waals surface area contributed by atoms with Crippen molar-refractivity contribution in [2.24, 2.45) is 0 Å². The third kappa shape index (κ3) is 4.19. The first kappa shape index (κ1) is 22.1. The fraction of sp³-hybridized carbons (Fsp3) is 0.154. The number of nitrogens with two attached hydrogens (primary N) is 1. The highest BCUT2D eigenvalue weighted by Crippen LogP contribution is 2.37. The minimum absolute atomic E-state index is 0.246. The fourth-order valence-corrected chi connectivity index (χ4v) is 4.15. The molecule has 2 amide bonds. The lowest BCUT2D eigenvalue weighted by atomic mass is 10.1. The lowest BCUT2D eigenvalue weighted by molar-refractivity contribution is 0.252. The summed E-state index contributed by atoms with van der Waals surface area (Å²) in [5.41, 5.74) is 10.9. The number of carbonyl (C=O) groups excluding carboxylic acids is 1. The van der Waals surface area contributed by atoms with E-state index >= 15 is 0 Å². The Morgan fingerprint density at radius 3 is 2.37 bits per heavy atom. The van der Waals surface area contributed by atoms with Crippen molar-refractivity contribution in [1.29, 1.82) is 0 Å². The van der Waals surface area contributed by atoms with Crippen molar-refractivity contribution in [3.8, 4) is 5.75 Å². The van der Waals surface area contributed by atoms with E-state index in [-0.39, 0.29) is 6.03 Å². The Morgan fingerprint density at radius 1 is 0.971 bits per heavy atom. The third-order valence-corrected chi connectivity index (χ3v) is 5.87. The van der Waals surface area contributed by atoms with E-state index in [0.717, 1.165) is 28.1 Å². The number of amides is 2. The lowest BCUT2D eigenvalue weighted by Crippen LogP contribution is -2.46. The van der Waals surface area contributed by atoms with Crippen molar-refractivity contribution in [3.63, 3.8) is 0 Å². The highest BCUT2D eigenvalue weighted by Gasteiger charge is 2.36. The molecular formula is C26H25N7O2. The van der Waals surface area contributed by atoms with Gasteiger partial charge in [0, 0.05) is 23.1 Å². The summed E-state index contributed by atoms with van der Waals surface area (Å²) in [6, 6.07) is 16.5. The number of ether oxygens (including phenoxy) is 1. The summed E-state index contributed by atoms with van der Waals surface area (Å²) >= 11 is 0. The van der Waals surface area contributed by atoms with E-state index in [9.17, 15) is 4.79 Å². The second-order valence-corrected chi connectivity index (χ2v) is 8.29. The highest BCUT2D eigenvalue weighted by atomic mass is 16.5. The van der Waals surface area contributed by atoms with Crippen LogP contribution >= 0.6 is 0 Å². The summed E-state index contributed by atoms with van der Waals surface area (Å²) in [5.74, 6) is 1.87. The number of benzene rings is 2. The average Bonchev–Trinajstić information content (AvgIpc) is 2.86. The fourth-order valence-electron chi connectivity index (χ4n) is 4.15. The van der Waals surface area contributed by atoms with Crippen molar-refractivity contribution in [3.05, 3.63) is 83.7 Å². The van der Waals surface area contributed by atoms with Crippen LogP contribution in [0.4, 0.5) is 39.4 Å². The lowest BCUT2D eigenvalue weighted by Gasteiger charge is -2.36. The number of para-hydroxylation sites is 1. The molecule has 3 heterocycles. The van der Waals surface area contributed by atoms with Crippen LogP contribution in [0, 0.1) is 13.8 Å². The van der Waals surface area contributed by atoms with E-state index < -0.39 is 0 Å². The predicted octanol–water partition coefficient (Wildman–Crippen LogP) is 5.10. The molecule has 9 heteroatoms. The summed E-state index contributed by atoms with van der Waals surface area (Å²) in [4.78, 5) is 30.9. The van der Waals surface area contributed by atoms with Crippen LogP contribution in [0.3, 0.4) is 0 Å². The van der Waals surface area contributed by atoms with Crippen molar-refractivity contribution in [2.75, 3.05) is 28.0 Å². The van der Waals surface area contributed by atoms with Crippen LogP contribution in [0.15, 0.2) is 67.0 Å². The number of fused-ring (bicyclic) bond motifs is 1. The molecule has 0 unspecified atom stereocenters. The molecule has 2 aromatic carbocycles. The van der Waals surface area contributed by atoms with Gasteiger partial charge in [-0.05, 0) is 61.4 Å². The van der Waals surface area contributed by atoms with Crippen LogP contribution in [-0.2, 0) is 6.54 Å². The molecule has 35 heavy (non-hydrogen) atoms. The topological polar surface area (TPSA) is 110 Å². The minimum atomic E-state index is -0.246. The van der Waals surface area contributed by atoms with Crippen LogP contribution in [0.25, 0.3) is 0 Å². The molecule has 0 saturated carbocycles. The molecule has 0 aliphatic carbocycles. The molecule has 176 valence electrons. The molecule has 0 spiro atoms. The molecule has 2 aromatic heterocycles. The van der Waals surface area contributed by atoms with E-state index in [4.69, 9.17) is 15.5 Å². The van der Waals surface area contributed by atoms with Gasteiger partial charge in [0.2, 0.25) is 5.95 Å². The normalized spacial score (nSPS) is 12.9. The van der Waals surface area contributed by atoms with Crippen LogP contribution < -0.4 is 25.6 Å². The molecule has 9 nitrogen and oxygen atoms in total. The maximum Gasteiger partial charge on any atom is 0.336 e. The number of nitrogens with one attached hydrogen (secondary N) is 1. The summed E-state index contributed by atoms with van der Waals surface area (Å²) in [6.07, 6.45) is 3.32. The number of nitrogen functional groups attached to an aromatic ring is 1. The number of urea groups is 1. The van der Waals surface area contributed by atoms with Crippen LogP contribution in [-0.4, -0.2) is 28.1 Å². The third-order valence-electron chi connectivity index (χ3n) is 5.87. The SMILES string of the molecule is COc1ccc(N2C(=O)N(c3c(C)cccc3C)Cc3cnc(Nc4ccc(N)cc4)nc32)nc1.